The predicted molar refractivity (Wildman–Crippen MR) is 127 cm³/mol. The van der Waals surface area contributed by atoms with Crippen molar-refractivity contribution in [2.24, 2.45) is 0 Å². The summed E-state index contributed by atoms with van der Waals surface area (Å²) in [6.45, 7) is -0.0952. The third-order valence-corrected chi connectivity index (χ3v) is 6.38. The van der Waals surface area contributed by atoms with Gasteiger partial charge in [-0.25, -0.2) is 14.2 Å². The molecular formula is C20H22F3N6O4PS. The zero-order chi connectivity index (χ0) is 25.8. The summed E-state index contributed by atoms with van der Waals surface area (Å²) in [6.07, 6.45) is -1.66. The maximum atomic E-state index is 13.6. The van der Waals surface area contributed by atoms with Crippen LogP contribution in [0.5, 0.6) is 0 Å². The first-order valence-electron chi connectivity index (χ1n) is 9.93. The van der Waals surface area contributed by atoms with Crippen LogP contribution in [-0.4, -0.2) is 42.3 Å². The van der Waals surface area contributed by atoms with Gasteiger partial charge in [0.05, 0.1) is 6.16 Å². The van der Waals surface area contributed by atoms with E-state index in [0.29, 0.717) is 28.8 Å². The summed E-state index contributed by atoms with van der Waals surface area (Å²) in [4.78, 5) is 30.2. The van der Waals surface area contributed by atoms with Crippen molar-refractivity contribution in [3.8, 4) is 0 Å². The summed E-state index contributed by atoms with van der Waals surface area (Å²) in [5.41, 5.74) is 0.0751. The van der Waals surface area contributed by atoms with Gasteiger partial charge in [0.15, 0.2) is 0 Å². The minimum absolute atomic E-state index is 0.0952. The highest BCUT2D eigenvalue weighted by Crippen LogP contribution is 2.39. The van der Waals surface area contributed by atoms with Crippen molar-refractivity contribution < 1.29 is 31.7 Å². The topological polar surface area (TPSA) is 141 Å². The number of pyridine rings is 1. The molecule has 0 radical (unpaired) electrons. The summed E-state index contributed by atoms with van der Waals surface area (Å²) in [7, 11) is -4.14. The molecule has 15 heteroatoms. The fourth-order valence-corrected chi connectivity index (χ4v) is 4.13. The van der Waals surface area contributed by atoms with Gasteiger partial charge in [0.1, 0.15) is 28.2 Å². The lowest BCUT2D eigenvalue weighted by molar-refractivity contribution is -0.137. The van der Waals surface area contributed by atoms with E-state index in [4.69, 9.17) is 9.79 Å². The van der Waals surface area contributed by atoms with Crippen molar-refractivity contribution in [1.82, 2.24) is 15.0 Å². The van der Waals surface area contributed by atoms with Crippen LogP contribution in [0.15, 0.2) is 48.8 Å². The monoisotopic (exact) mass is 530 g/mol. The highest BCUT2D eigenvalue weighted by atomic mass is 32.2. The van der Waals surface area contributed by atoms with Crippen molar-refractivity contribution in [3.63, 3.8) is 0 Å². The lowest BCUT2D eigenvalue weighted by Crippen LogP contribution is -2.22. The highest BCUT2D eigenvalue weighted by Gasteiger charge is 2.35. The molecule has 0 bridgehead atoms. The molecule has 2 heterocycles. The standard InChI is InChI=1S/C20H22F3N6O4PS/c1-29(35(2)33)18-14(6-4-8-24-18)10-25-17-16(20(21,22)23)11-26-19(28-17)27-15-7-3-5-13(9-15)12-34(30,31)32/h3-9,11H,10,12H2,1-2H3,(H2,30,31,32)(H2,25,26,27,28). The van der Waals surface area contributed by atoms with Gasteiger partial charge in [0, 0.05) is 43.5 Å². The molecule has 0 aliphatic heterocycles. The Labute approximate surface area is 201 Å². The summed E-state index contributed by atoms with van der Waals surface area (Å²) >= 11 is 0. The molecular weight excluding hydrogens is 508 g/mol. The first kappa shape index (κ1) is 26.5. The number of nitrogens with zero attached hydrogens (tertiary/aromatic N) is 4. The molecule has 0 saturated heterocycles. The Kier molecular flexibility index (Phi) is 8.11. The molecule has 188 valence electrons. The molecule has 0 aliphatic carbocycles. The van der Waals surface area contributed by atoms with Crippen LogP contribution in [0.25, 0.3) is 0 Å². The second kappa shape index (κ2) is 10.7. The molecule has 4 N–H and O–H groups in total. The molecule has 0 aliphatic rings. The summed E-state index contributed by atoms with van der Waals surface area (Å²) < 4.78 is 65.2. The Bertz CT molecular complexity index is 1270. The van der Waals surface area contributed by atoms with Crippen LogP contribution in [0, 0.1) is 0 Å². The summed E-state index contributed by atoms with van der Waals surface area (Å²) in [5, 5.41) is 5.41. The second-order valence-corrected chi connectivity index (χ2v) is 10.4. The number of alkyl halides is 3. The van der Waals surface area contributed by atoms with Crippen molar-refractivity contribution in [1.29, 1.82) is 0 Å². The zero-order valence-electron chi connectivity index (χ0n) is 18.5. The lowest BCUT2D eigenvalue weighted by Gasteiger charge is -2.19. The minimum atomic E-state index is -4.73. The Balaban J connectivity index is 1.88. The molecule has 1 unspecified atom stereocenters. The van der Waals surface area contributed by atoms with E-state index >= 15 is 0 Å². The van der Waals surface area contributed by atoms with Gasteiger partial charge in [0.2, 0.25) is 5.95 Å². The van der Waals surface area contributed by atoms with Crippen LogP contribution >= 0.6 is 7.60 Å². The van der Waals surface area contributed by atoms with Crippen molar-refractivity contribution >= 4 is 41.9 Å². The summed E-state index contributed by atoms with van der Waals surface area (Å²) in [6, 6.07) is 9.29. The molecule has 1 atom stereocenters. The van der Waals surface area contributed by atoms with Crippen molar-refractivity contribution in [3.05, 3.63) is 65.5 Å². The smallest absolute Gasteiger partial charge is 0.365 e. The van der Waals surface area contributed by atoms with Crippen LogP contribution in [0.1, 0.15) is 16.7 Å². The maximum absolute atomic E-state index is 13.6. The number of benzene rings is 1. The van der Waals surface area contributed by atoms with E-state index in [1.807, 2.05) is 0 Å². The van der Waals surface area contributed by atoms with E-state index in [-0.39, 0.29) is 12.5 Å². The normalized spacial score (nSPS) is 12.8. The molecule has 0 fully saturated rings. The Morgan fingerprint density at radius 2 is 1.91 bits per heavy atom. The molecule has 0 spiro atoms. The lowest BCUT2D eigenvalue weighted by atomic mass is 10.2. The number of anilines is 4. The highest BCUT2D eigenvalue weighted by molar-refractivity contribution is 7.85. The van der Waals surface area contributed by atoms with Crippen LogP contribution < -0.4 is 14.9 Å². The van der Waals surface area contributed by atoms with Crippen molar-refractivity contribution in [2.45, 2.75) is 18.9 Å². The summed E-state index contributed by atoms with van der Waals surface area (Å²) in [5.74, 6) is -0.313. The van der Waals surface area contributed by atoms with Gasteiger partial charge in [-0.15, -0.1) is 0 Å². The second-order valence-electron chi connectivity index (χ2n) is 7.36. The molecule has 35 heavy (non-hydrogen) atoms. The third-order valence-electron chi connectivity index (χ3n) is 4.66. The van der Waals surface area contributed by atoms with Crippen LogP contribution in [0.2, 0.25) is 0 Å². The van der Waals surface area contributed by atoms with Gasteiger partial charge in [-0.05, 0) is 23.8 Å². The van der Waals surface area contributed by atoms with Crippen LogP contribution in [-0.2, 0) is 34.4 Å². The Morgan fingerprint density at radius 1 is 1.17 bits per heavy atom. The number of nitrogens with one attached hydrogen (secondary N) is 2. The zero-order valence-corrected chi connectivity index (χ0v) is 20.2. The number of hydrogen-bond donors (Lipinski definition) is 4. The number of halogens is 3. The molecule has 2 aromatic heterocycles. The number of aromatic nitrogens is 3. The molecule has 3 aromatic rings. The largest absolute Gasteiger partial charge is 0.421 e. The van der Waals surface area contributed by atoms with E-state index in [9.17, 15) is 21.9 Å². The molecule has 3 rings (SSSR count). The van der Waals surface area contributed by atoms with Gasteiger partial charge in [-0.3, -0.25) is 8.87 Å². The molecule has 1 aromatic carbocycles. The van der Waals surface area contributed by atoms with Gasteiger partial charge < -0.3 is 20.4 Å². The molecule has 0 amide bonds. The van der Waals surface area contributed by atoms with Gasteiger partial charge in [0.25, 0.3) is 0 Å². The number of rotatable bonds is 9. The van der Waals surface area contributed by atoms with E-state index in [1.54, 1.807) is 25.2 Å². The maximum Gasteiger partial charge on any atom is 0.421 e. The predicted octanol–water partition coefficient (Wildman–Crippen LogP) is 3.65. The van der Waals surface area contributed by atoms with Crippen LogP contribution in [0.3, 0.4) is 0 Å². The van der Waals surface area contributed by atoms with Gasteiger partial charge >= 0.3 is 13.8 Å². The average molecular weight is 530 g/mol. The van der Waals surface area contributed by atoms with Crippen LogP contribution in [0.4, 0.5) is 36.4 Å². The Morgan fingerprint density at radius 3 is 2.57 bits per heavy atom. The van der Waals surface area contributed by atoms with E-state index < -0.39 is 42.3 Å². The first-order chi connectivity index (χ1) is 16.3. The van der Waals surface area contributed by atoms with E-state index in [0.717, 1.165) is 0 Å². The van der Waals surface area contributed by atoms with Gasteiger partial charge in [-0.1, -0.05) is 18.2 Å². The van der Waals surface area contributed by atoms with Gasteiger partial charge in [-0.2, -0.15) is 18.2 Å². The average Bonchev–Trinajstić information content (AvgIpc) is 2.75. The first-order valence-corrected chi connectivity index (χ1v) is 13.2. The molecule has 10 nitrogen and oxygen atoms in total. The quantitative estimate of drug-likeness (QED) is 0.305. The van der Waals surface area contributed by atoms with E-state index in [2.05, 4.69) is 25.6 Å². The van der Waals surface area contributed by atoms with Crippen molar-refractivity contribution in [2.75, 3.05) is 28.2 Å². The molecule has 0 saturated carbocycles. The number of hydrogen-bond acceptors (Lipinski definition) is 7. The fraction of sp³-hybridized carbons (Fsp3) is 0.250. The fourth-order valence-electron chi connectivity index (χ4n) is 3.05. The third kappa shape index (κ3) is 7.46. The minimum Gasteiger partial charge on any atom is -0.365 e. The Hall–Kier alpha value is -3.06. The van der Waals surface area contributed by atoms with E-state index in [1.165, 1.54) is 35.0 Å². The SMILES string of the molecule is CN(c1ncccc1CNc1nc(Nc2cccc(CP(=O)(O)O)c2)ncc1C(F)(F)F)S(C)=O.